The van der Waals surface area contributed by atoms with Gasteiger partial charge in [0.05, 0.1) is 0 Å². The summed E-state index contributed by atoms with van der Waals surface area (Å²) in [6.45, 7) is 2.28. The topological polar surface area (TPSA) is 63.4 Å². The molecule has 1 amide bonds. The van der Waals surface area contributed by atoms with E-state index in [0.717, 1.165) is 16.9 Å². The second kappa shape index (κ2) is 5.92. The van der Waals surface area contributed by atoms with Gasteiger partial charge >= 0.3 is 0 Å². The van der Waals surface area contributed by atoms with Crippen molar-refractivity contribution in [2.75, 3.05) is 12.1 Å². The average molecular weight is 322 g/mol. The van der Waals surface area contributed by atoms with Crippen molar-refractivity contribution in [3.05, 3.63) is 53.7 Å². The molecule has 5 heteroatoms. The number of carbonyl (C=O) groups excluding carboxylic acids is 1. The third-order valence-corrected chi connectivity index (χ3v) is 4.29. The number of aromatic amines is 1. The molecule has 0 aliphatic carbocycles. The number of anilines is 1. The lowest BCUT2D eigenvalue weighted by atomic mass is 10.1. The first-order valence-corrected chi connectivity index (χ1v) is 7.96. The van der Waals surface area contributed by atoms with Gasteiger partial charge in [-0.3, -0.25) is 4.79 Å². The summed E-state index contributed by atoms with van der Waals surface area (Å²) in [6, 6.07) is 13.6. The number of hydrogen-bond donors (Lipinski definition) is 2. The van der Waals surface area contributed by atoms with Crippen LogP contribution in [-0.2, 0) is 11.2 Å². The number of fused-ring (bicyclic) bond motifs is 2. The standard InChI is InChI=1S/C19H18N2O3/c1-12-14(15-4-2-3-5-16(15)20-12)7-9-19(22)21-13-6-8-17-18(10-13)24-11-23-17/h2-6,8,10,20H,7,9,11H2,1H3,(H,21,22). The van der Waals surface area contributed by atoms with E-state index in [9.17, 15) is 4.79 Å². The number of benzene rings is 2. The molecule has 2 aromatic carbocycles. The maximum absolute atomic E-state index is 12.3. The Hall–Kier alpha value is -2.95. The van der Waals surface area contributed by atoms with Crippen molar-refractivity contribution in [3.63, 3.8) is 0 Å². The van der Waals surface area contributed by atoms with Crippen LogP contribution in [0.15, 0.2) is 42.5 Å². The van der Waals surface area contributed by atoms with Gasteiger partial charge in [-0.1, -0.05) is 18.2 Å². The molecule has 2 heterocycles. The highest BCUT2D eigenvalue weighted by Crippen LogP contribution is 2.34. The van der Waals surface area contributed by atoms with Crippen LogP contribution in [0.1, 0.15) is 17.7 Å². The monoisotopic (exact) mass is 322 g/mol. The van der Waals surface area contributed by atoms with Gasteiger partial charge in [0.2, 0.25) is 12.7 Å². The molecule has 0 saturated heterocycles. The number of ether oxygens (including phenoxy) is 2. The molecule has 122 valence electrons. The Kier molecular flexibility index (Phi) is 3.61. The number of aryl methyl sites for hydroxylation is 2. The summed E-state index contributed by atoms with van der Waals surface area (Å²) in [4.78, 5) is 15.6. The highest BCUT2D eigenvalue weighted by molar-refractivity contribution is 5.92. The van der Waals surface area contributed by atoms with Crippen LogP contribution in [0.5, 0.6) is 11.5 Å². The quantitative estimate of drug-likeness (QED) is 0.768. The molecule has 1 aromatic heterocycles. The minimum absolute atomic E-state index is 0.0152. The summed E-state index contributed by atoms with van der Waals surface area (Å²) >= 11 is 0. The van der Waals surface area contributed by atoms with E-state index >= 15 is 0 Å². The zero-order valence-corrected chi connectivity index (χ0v) is 13.4. The highest BCUT2D eigenvalue weighted by Gasteiger charge is 2.15. The number of H-pyrrole nitrogens is 1. The SMILES string of the molecule is Cc1[nH]c2ccccc2c1CCC(=O)Nc1ccc2c(c1)OCO2. The fourth-order valence-corrected chi connectivity index (χ4v) is 3.09. The van der Waals surface area contributed by atoms with E-state index in [4.69, 9.17) is 9.47 Å². The molecule has 0 spiro atoms. The van der Waals surface area contributed by atoms with Crippen molar-refractivity contribution in [1.82, 2.24) is 4.98 Å². The van der Waals surface area contributed by atoms with E-state index in [-0.39, 0.29) is 12.7 Å². The molecule has 24 heavy (non-hydrogen) atoms. The van der Waals surface area contributed by atoms with Crippen LogP contribution in [-0.4, -0.2) is 17.7 Å². The van der Waals surface area contributed by atoms with Gasteiger partial charge in [-0.05, 0) is 37.1 Å². The number of carbonyl (C=O) groups is 1. The van der Waals surface area contributed by atoms with Crippen LogP contribution >= 0.6 is 0 Å². The molecule has 0 fully saturated rings. The first kappa shape index (κ1) is 14.6. The molecule has 0 saturated carbocycles. The molecule has 0 unspecified atom stereocenters. The summed E-state index contributed by atoms with van der Waals surface area (Å²) < 4.78 is 10.6. The Morgan fingerprint density at radius 3 is 2.92 bits per heavy atom. The fraction of sp³-hybridized carbons (Fsp3) is 0.211. The van der Waals surface area contributed by atoms with Crippen LogP contribution in [0, 0.1) is 6.92 Å². The molecule has 4 rings (SSSR count). The van der Waals surface area contributed by atoms with E-state index in [0.29, 0.717) is 24.3 Å². The Bertz CT molecular complexity index is 914. The number of nitrogens with one attached hydrogen (secondary N) is 2. The minimum Gasteiger partial charge on any atom is -0.454 e. The third kappa shape index (κ3) is 2.69. The Balaban J connectivity index is 1.44. The molecule has 5 nitrogen and oxygen atoms in total. The van der Waals surface area contributed by atoms with E-state index < -0.39 is 0 Å². The van der Waals surface area contributed by atoms with Crippen molar-refractivity contribution in [2.45, 2.75) is 19.8 Å². The predicted octanol–water partition coefficient (Wildman–Crippen LogP) is 3.78. The van der Waals surface area contributed by atoms with Crippen molar-refractivity contribution in [2.24, 2.45) is 0 Å². The molecule has 2 N–H and O–H groups in total. The second-order valence-electron chi connectivity index (χ2n) is 5.89. The Labute approximate surface area is 139 Å². The molecular weight excluding hydrogens is 304 g/mol. The smallest absolute Gasteiger partial charge is 0.231 e. The van der Waals surface area contributed by atoms with Crippen LogP contribution in [0.3, 0.4) is 0 Å². The number of para-hydroxylation sites is 1. The zero-order chi connectivity index (χ0) is 16.5. The fourth-order valence-electron chi connectivity index (χ4n) is 3.09. The highest BCUT2D eigenvalue weighted by atomic mass is 16.7. The maximum atomic E-state index is 12.3. The maximum Gasteiger partial charge on any atom is 0.231 e. The third-order valence-electron chi connectivity index (χ3n) is 4.29. The summed E-state index contributed by atoms with van der Waals surface area (Å²) in [5, 5.41) is 4.10. The summed E-state index contributed by atoms with van der Waals surface area (Å²) in [5.74, 6) is 1.36. The van der Waals surface area contributed by atoms with E-state index in [2.05, 4.69) is 22.4 Å². The van der Waals surface area contributed by atoms with Gasteiger partial charge in [0.15, 0.2) is 11.5 Å². The van der Waals surface area contributed by atoms with Crippen LogP contribution in [0.25, 0.3) is 10.9 Å². The molecule has 1 aliphatic rings. The lowest BCUT2D eigenvalue weighted by Crippen LogP contribution is -2.12. The van der Waals surface area contributed by atoms with Gasteiger partial charge < -0.3 is 19.8 Å². The molecule has 0 radical (unpaired) electrons. The van der Waals surface area contributed by atoms with E-state index in [1.807, 2.05) is 31.2 Å². The first-order valence-electron chi connectivity index (χ1n) is 7.96. The van der Waals surface area contributed by atoms with Gasteiger partial charge in [-0.25, -0.2) is 0 Å². The summed E-state index contributed by atoms with van der Waals surface area (Å²) in [7, 11) is 0. The number of aromatic nitrogens is 1. The molecule has 3 aromatic rings. The van der Waals surface area contributed by atoms with Crippen molar-refractivity contribution in [3.8, 4) is 11.5 Å². The van der Waals surface area contributed by atoms with Crippen LogP contribution in [0.4, 0.5) is 5.69 Å². The van der Waals surface area contributed by atoms with Crippen LogP contribution in [0.2, 0.25) is 0 Å². The number of hydrogen-bond acceptors (Lipinski definition) is 3. The normalized spacial score (nSPS) is 12.5. The lowest BCUT2D eigenvalue weighted by molar-refractivity contribution is -0.116. The number of amides is 1. The van der Waals surface area contributed by atoms with Gasteiger partial charge in [0.25, 0.3) is 0 Å². The summed E-state index contributed by atoms with van der Waals surface area (Å²) in [5.41, 5.74) is 4.15. The predicted molar refractivity (Wildman–Crippen MR) is 92.6 cm³/mol. The van der Waals surface area contributed by atoms with Gasteiger partial charge in [0.1, 0.15) is 0 Å². The van der Waals surface area contributed by atoms with Crippen molar-refractivity contribution >= 4 is 22.5 Å². The minimum atomic E-state index is -0.0152. The molecule has 0 atom stereocenters. The first-order chi connectivity index (χ1) is 11.7. The Morgan fingerprint density at radius 2 is 2.00 bits per heavy atom. The average Bonchev–Trinajstić information content (AvgIpc) is 3.16. The van der Waals surface area contributed by atoms with Crippen LogP contribution < -0.4 is 14.8 Å². The molecule has 0 bridgehead atoms. The molecular formula is C19H18N2O3. The zero-order valence-electron chi connectivity index (χ0n) is 13.4. The lowest BCUT2D eigenvalue weighted by Gasteiger charge is -2.06. The van der Waals surface area contributed by atoms with Gasteiger partial charge in [0, 0.05) is 34.8 Å². The van der Waals surface area contributed by atoms with E-state index in [1.165, 1.54) is 10.9 Å². The summed E-state index contributed by atoms with van der Waals surface area (Å²) in [6.07, 6.45) is 1.13. The van der Waals surface area contributed by atoms with Crippen molar-refractivity contribution in [1.29, 1.82) is 0 Å². The second-order valence-corrected chi connectivity index (χ2v) is 5.89. The van der Waals surface area contributed by atoms with E-state index in [1.54, 1.807) is 6.07 Å². The Morgan fingerprint density at radius 1 is 1.17 bits per heavy atom. The van der Waals surface area contributed by atoms with Gasteiger partial charge in [-0.2, -0.15) is 0 Å². The van der Waals surface area contributed by atoms with Gasteiger partial charge in [-0.15, -0.1) is 0 Å². The largest absolute Gasteiger partial charge is 0.454 e. The number of rotatable bonds is 4. The van der Waals surface area contributed by atoms with Crippen molar-refractivity contribution < 1.29 is 14.3 Å². The molecule has 1 aliphatic heterocycles.